The van der Waals surface area contributed by atoms with Crippen molar-refractivity contribution in [1.29, 1.82) is 0 Å². The van der Waals surface area contributed by atoms with E-state index in [9.17, 15) is 8.42 Å². The topological polar surface area (TPSA) is 77.5 Å². The smallest absolute Gasteiger partial charge is 0.229 e. The van der Waals surface area contributed by atoms with Crippen molar-refractivity contribution in [2.45, 2.75) is 31.8 Å². The Balaban J connectivity index is 1.74. The Kier molecular flexibility index (Phi) is 6.99. The van der Waals surface area contributed by atoms with E-state index in [2.05, 4.69) is 15.8 Å². The summed E-state index contributed by atoms with van der Waals surface area (Å²) < 4.78 is 37.5. The van der Waals surface area contributed by atoms with Crippen LogP contribution in [0.2, 0.25) is 0 Å². The normalized spacial score (nSPS) is 14.8. The Morgan fingerprint density at radius 1 is 0.970 bits per heavy atom. The lowest BCUT2D eigenvalue weighted by Gasteiger charge is -2.18. The van der Waals surface area contributed by atoms with Gasteiger partial charge in [0.05, 0.1) is 19.5 Å². The van der Waals surface area contributed by atoms with E-state index in [1.165, 1.54) is 12.8 Å². The second kappa shape index (κ2) is 10.1. The van der Waals surface area contributed by atoms with Gasteiger partial charge in [0.2, 0.25) is 10.0 Å². The zero-order valence-electron chi connectivity index (χ0n) is 18.8. The van der Waals surface area contributed by atoms with Gasteiger partial charge in [-0.1, -0.05) is 18.2 Å². The van der Waals surface area contributed by atoms with Crippen molar-refractivity contribution in [2.24, 2.45) is 0 Å². The highest BCUT2D eigenvalue weighted by Gasteiger charge is 2.19. The maximum Gasteiger partial charge on any atom is 0.229 e. The Morgan fingerprint density at radius 2 is 1.64 bits per heavy atom. The maximum atomic E-state index is 11.6. The quantitative estimate of drug-likeness (QED) is 0.485. The van der Waals surface area contributed by atoms with Crippen LogP contribution < -0.4 is 14.2 Å². The first-order chi connectivity index (χ1) is 15.9. The first-order valence-electron chi connectivity index (χ1n) is 11.0. The van der Waals surface area contributed by atoms with Gasteiger partial charge in [-0.15, -0.1) is 0 Å². The number of aromatic nitrogens is 1. The number of anilines is 1. The minimum Gasteiger partial charge on any atom is -0.493 e. The molecule has 1 aliphatic carbocycles. The average molecular weight is 465 g/mol. The third-order valence-corrected chi connectivity index (χ3v) is 6.19. The highest BCUT2D eigenvalue weighted by Crippen LogP contribution is 2.36. The number of hydrogen-bond acceptors (Lipinski definition) is 5. The van der Waals surface area contributed by atoms with Crippen LogP contribution >= 0.6 is 0 Å². The molecule has 2 aromatic carbocycles. The van der Waals surface area contributed by atoms with Crippen LogP contribution in [0.5, 0.6) is 11.5 Å². The molecule has 1 heterocycles. The summed E-state index contributed by atoms with van der Waals surface area (Å²) in [5.74, 6) is 1.44. The molecular weight excluding hydrogens is 436 g/mol. The van der Waals surface area contributed by atoms with Gasteiger partial charge in [0, 0.05) is 18.1 Å². The summed E-state index contributed by atoms with van der Waals surface area (Å²) in [4.78, 5) is 4.11. The van der Waals surface area contributed by atoms with Crippen molar-refractivity contribution in [3.05, 3.63) is 83.7 Å². The molecule has 6 nitrogen and oxygen atoms in total. The van der Waals surface area contributed by atoms with Crippen molar-refractivity contribution < 1.29 is 17.9 Å². The lowest BCUT2D eigenvalue weighted by atomic mass is 9.95. The van der Waals surface area contributed by atoms with Gasteiger partial charge in [-0.3, -0.25) is 9.71 Å². The molecule has 0 spiro atoms. The molecule has 7 heteroatoms. The summed E-state index contributed by atoms with van der Waals surface area (Å²) in [6.45, 7) is 0. The lowest BCUT2D eigenvalue weighted by molar-refractivity contribution is 0.201. The van der Waals surface area contributed by atoms with Crippen molar-refractivity contribution in [3.63, 3.8) is 0 Å². The number of nitrogens with one attached hydrogen (secondary N) is 1. The van der Waals surface area contributed by atoms with Crippen molar-refractivity contribution in [1.82, 2.24) is 4.98 Å². The SMILES string of the molecule is COc1ccc(C(=Cc2ccncc2)c2ccc(NS(C)(=O)=O)cc2)cc1OC1CCCC1. The van der Waals surface area contributed by atoms with Crippen molar-refractivity contribution >= 4 is 27.4 Å². The van der Waals surface area contributed by atoms with Crippen LogP contribution in [-0.2, 0) is 10.0 Å². The molecule has 0 amide bonds. The van der Waals surface area contributed by atoms with E-state index in [0.717, 1.165) is 47.1 Å². The van der Waals surface area contributed by atoms with Crippen LogP contribution in [0.4, 0.5) is 5.69 Å². The summed E-state index contributed by atoms with van der Waals surface area (Å²) in [6, 6.07) is 17.2. The summed E-state index contributed by atoms with van der Waals surface area (Å²) in [5, 5.41) is 0. The van der Waals surface area contributed by atoms with Crippen LogP contribution in [0.25, 0.3) is 11.6 Å². The molecule has 33 heavy (non-hydrogen) atoms. The zero-order valence-corrected chi connectivity index (χ0v) is 19.6. The predicted molar refractivity (Wildman–Crippen MR) is 132 cm³/mol. The molecule has 172 valence electrons. The van der Waals surface area contributed by atoms with E-state index in [4.69, 9.17) is 9.47 Å². The summed E-state index contributed by atoms with van der Waals surface area (Å²) in [6.07, 6.45) is 11.4. The van der Waals surface area contributed by atoms with Gasteiger partial charge >= 0.3 is 0 Å². The number of methoxy groups -OCH3 is 1. The number of benzene rings is 2. The fraction of sp³-hybridized carbons (Fsp3) is 0.269. The molecule has 0 bridgehead atoms. The van der Waals surface area contributed by atoms with E-state index in [-0.39, 0.29) is 6.10 Å². The Bertz CT molecular complexity index is 1220. The molecular formula is C26H28N2O4S. The van der Waals surface area contributed by atoms with Crippen LogP contribution in [0.15, 0.2) is 67.0 Å². The molecule has 1 saturated carbocycles. The minimum atomic E-state index is -3.34. The van der Waals surface area contributed by atoms with E-state index in [1.807, 2.05) is 42.5 Å². The van der Waals surface area contributed by atoms with Crippen LogP contribution in [-0.4, -0.2) is 32.9 Å². The molecule has 0 radical (unpaired) electrons. The second-order valence-electron chi connectivity index (χ2n) is 8.18. The molecule has 1 fully saturated rings. The Morgan fingerprint density at radius 3 is 2.27 bits per heavy atom. The number of hydrogen-bond donors (Lipinski definition) is 1. The van der Waals surface area contributed by atoms with Gasteiger partial charge in [-0.25, -0.2) is 8.42 Å². The highest BCUT2D eigenvalue weighted by molar-refractivity contribution is 7.92. The average Bonchev–Trinajstić information content (AvgIpc) is 3.31. The molecule has 3 aromatic rings. The molecule has 0 atom stereocenters. The van der Waals surface area contributed by atoms with Gasteiger partial charge in [-0.05, 0) is 90.4 Å². The fourth-order valence-electron chi connectivity index (χ4n) is 4.01. The lowest BCUT2D eigenvalue weighted by Crippen LogP contribution is -2.11. The van der Waals surface area contributed by atoms with Crippen LogP contribution in [0.1, 0.15) is 42.4 Å². The second-order valence-corrected chi connectivity index (χ2v) is 9.93. The predicted octanol–water partition coefficient (Wildman–Crippen LogP) is 5.37. The first-order valence-corrected chi connectivity index (χ1v) is 12.9. The Hall–Kier alpha value is -3.32. The highest BCUT2D eigenvalue weighted by atomic mass is 32.2. The van der Waals surface area contributed by atoms with Crippen LogP contribution in [0.3, 0.4) is 0 Å². The van der Waals surface area contributed by atoms with Crippen molar-refractivity contribution in [2.75, 3.05) is 18.1 Å². The molecule has 0 unspecified atom stereocenters. The first kappa shape index (κ1) is 22.9. The van der Waals surface area contributed by atoms with Crippen LogP contribution in [0, 0.1) is 0 Å². The molecule has 0 aliphatic heterocycles. The molecule has 4 rings (SSSR count). The molecule has 1 aromatic heterocycles. The summed E-state index contributed by atoms with van der Waals surface area (Å²) in [7, 11) is -1.69. The Labute approximate surface area is 195 Å². The van der Waals surface area contributed by atoms with E-state index in [1.54, 1.807) is 31.6 Å². The monoisotopic (exact) mass is 464 g/mol. The van der Waals surface area contributed by atoms with Crippen molar-refractivity contribution in [3.8, 4) is 11.5 Å². The number of sulfonamides is 1. The molecule has 0 saturated heterocycles. The van der Waals surface area contributed by atoms with E-state index >= 15 is 0 Å². The number of pyridine rings is 1. The van der Waals surface area contributed by atoms with Gasteiger partial charge < -0.3 is 9.47 Å². The standard InChI is InChI=1S/C26H28N2O4S/c1-31-25-12-9-21(18-26(25)32-23-5-3-4-6-23)24(17-19-13-15-27-16-14-19)20-7-10-22(11-8-20)28-33(2,29)30/h7-18,23,28H,3-6H2,1-2H3. The van der Waals surface area contributed by atoms with Gasteiger partial charge in [0.25, 0.3) is 0 Å². The summed E-state index contributed by atoms with van der Waals surface area (Å²) in [5.41, 5.74) is 4.43. The number of nitrogens with zero attached hydrogens (tertiary/aromatic N) is 1. The van der Waals surface area contributed by atoms with E-state index < -0.39 is 10.0 Å². The van der Waals surface area contributed by atoms with Gasteiger partial charge in [-0.2, -0.15) is 0 Å². The fourth-order valence-corrected chi connectivity index (χ4v) is 4.58. The third kappa shape index (κ3) is 6.14. The largest absolute Gasteiger partial charge is 0.493 e. The minimum absolute atomic E-state index is 0.211. The number of ether oxygens (including phenoxy) is 2. The maximum absolute atomic E-state index is 11.6. The molecule has 1 N–H and O–H groups in total. The zero-order chi connectivity index (χ0) is 23.3. The van der Waals surface area contributed by atoms with Gasteiger partial charge in [0.1, 0.15) is 0 Å². The summed E-state index contributed by atoms with van der Waals surface area (Å²) >= 11 is 0. The third-order valence-electron chi connectivity index (χ3n) is 5.59. The molecule has 1 aliphatic rings. The van der Waals surface area contributed by atoms with E-state index in [0.29, 0.717) is 11.4 Å². The van der Waals surface area contributed by atoms with Gasteiger partial charge in [0.15, 0.2) is 11.5 Å². The number of rotatable bonds is 8.